The lowest BCUT2D eigenvalue weighted by molar-refractivity contribution is -0.134. The maximum atomic E-state index is 12.7. The second-order valence-electron chi connectivity index (χ2n) is 5.76. The van der Waals surface area contributed by atoms with E-state index in [1.165, 1.54) is 0 Å². The van der Waals surface area contributed by atoms with Crippen molar-refractivity contribution in [2.75, 3.05) is 26.3 Å². The van der Waals surface area contributed by atoms with E-state index in [-0.39, 0.29) is 12.5 Å². The Labute approximate surface area is 139 Å². The van der Waals surface area contributed by atoms with E-state index in [0.29, 0.717) is 36.8 Å². The van der Waals surface area contributed by atoms with Gasteiger partial charge in [-0.3, -0.25) is 14.5 Å². The van der Waals surface area contributed by atoms with Crippen LogP contribution < -0.4 is 20.1 Å². The van der Waals surface area contributed by atoms with Crippen molar-refractivity contribution in [2.45, 2.75) is 19.4 Å². The molecule has 1 atom stereocenters. The van der Waals surface area contributed by atoms with Gasteiger partial charge in [0.1, 0.15) is 25.3 Å². The monoisotopic (exact) mass is 333 g/mol. The third kappa shape index (κ3) is 2.64. The number of ether oxygens (including phenoxy) is 2. The SMILES string of the molecule is CCNC(=O)CN1C(=O)NC(C)(c2ccc3c(c2)OCCO3)C1=O. The number of imide groups is 1. The van der Waals surface area contributed by atoms with Crippen molar-refractivity contribution < 1.29 is 23.9 Å². The number of rotatable bonds is 4. The first-order valence-electron chi connectivity index (χ1n) is 7.76. The number of carbonyl (C=O) groups is 3. The largest absolute Gasteiger partial charge is 0.486 e. The molecular weight excluding hydrogens is 314 g/mol. The summed E-state index contributed by atoms with van der Waals surface area (Å²) in [4.78, 5) is 37.5. The number of nitrogens with one attached hydrogen (secondary N) is 2. The maximum absolute atomic E-state index is 12.7. The molecule has 1 aromatic rings. The highest BCUT2D eigenvalue weighted by Crippen LogP contribution is 2.36. The van der Waals surface area contributed by atoms with Gasteiger partial charge in [-0.05, 0) is 31.5 Å². The number of amides is 4. The topological polar surface area (TPSA) is 97.0 Å². The molecule has 0 aromatic heterocycles. The van der Waals surface area contributed by atoms with Gasteiger partial charge in [0, 0.05) is 6.54 Å². The van der Waals surface area contributed by atoms with Crippen LogP contribution in [0.4, 0.5) is 4.79 Å². The van der Waals surface area contributed by atoms with Crippen molar-refractivity contribution in [3.8, 4) is 11.5 Å². The van der Waals surface area contributed by atoms with Gasteiger partial charge in [0.2, 0.25) is 5.91 Å². The lowest BCUT2D eigenvalue weighted by Crippen LogP contribution is -2.43. The Morgan fingerprint density at radius 3 is 2.71 bits per heavy atom. The Bertz CT molecular complexity index is 705. The molecule has 2 aliphatic rings. The van der Waals surface area contributed by atoms with E-state index in [2.05, 4.69) is 10.6 Å². The minimum absolute atomic E-state index is 0.307. The minimum atomic E-state index is -1.25. The van der Waals surface area contributed by atoms with Crippen LogP contribution in [0.5, 0.6) is 11.5 Å². The smallest absolute Gasteiger partial charge is 0.325 e. The van der Waals surface area contributed by atoms with Crippen LogP contribution >= 0.6 is 0 Å². The molecule has 1 unspecified atom stereocenters. The molecule has 4 amide bonds. The molecule has 0 aliphatic carbocycles. The van der Waals surface area contributed by atoms with E-state index in [1.807, 2.05) is 0 Å². The molecule has 0 spiro atoms. The van der Waals surface area contributed by atoms with Crippen molar-refractivity contribution in [3.05, 3.63) is 23.8 Å². The van der Waals surface area contributed by atoms with Crippen molar-refractivity contribution in [3.63, 3.8) is 0 Å². The second-order valence-corrected chi connectivity index (χ2v) is 5.76. The molecule has 3 rings (SSSR count). The van der Waals surface area contributed by atoms with Gasteiger partial charge >= 0.3 is 6.03 Å². The summed E-state index contributed by atoms with van der Waals surface area (Å²) in [5.41, 5.74) is -0.678. The van der Waals surface area contributed by atoms with Crippen molar-refractivity contribution in [1.82, 2.24) is 15.5 Å². The number of likely N-dealkylation sites (N-methyl/N-ethyl adjacent to an activating group) is 1. The molecule has 0 bridgehead atoms. The first kappa shape index (κ1) is 16.1. The van der Waals surface area contributed by atoms with Gasteiger partial charge in [0.05, 0.1) is 0 Å². The highest BCUT2D eigenvalue weighted by atomic mass is 16.6. The maximum Gasteiger partial charge on any atom is 0.325 e. The van der Waals surface area contributed by atoms with Crippen LogP contribution in [0.1, 0.15) is 19.4 Å². The Kier molecular flexibility index (Phi) is 4.04. The summed E-state index contributed by atoms with van der Waals surface area (Å²) in [6, 6.07) is 4.51. The van der Waals surface area contributed by atoms with Crippen LogP contribution in [0, 0.1) is 0 Å². The zero-order valence-corrected chi connectivity index (χ0v) is 13.5. The minimum Gasteiger partial charge on any atom is -0.486 e. The summed E-state index contributed by atoms with van der Waals surface area (Å²) >= 11 is 0. The van der Waals surface area contributed by atoms with Gasteiger partial charge < -0.3 is 20.1 Å². The van der Waals surface area contributed by atoms with E-state index in [4.69, 9.17) is 9.47 Å². The standard InChI is InChI=1S/C16H19N3O5/c1-3-17-13(20)9-19-14(21)16(2,18-15(19)22)10-4-5-11-12(8-10)24-7-6-23-11/h4-5,8H,3,6-7,9H2,1-2H3,(H,17,20)(H,18,22). The van der Waals surface area contributed by atoms with Crippen molar-refractivity contribution in [1.29, 1.82) is 0 Å². The second kappa shape index (κ2) is 6.03. The van der Waals surface area contributed by atoms with Crippen LogP contribution in [0.2, 0.25) is 0 Å². The van der Waals surface area contributed by atoms with Crippen LogP contribution in [0.25, 0.3) is 0 Å². The highest BCUT2D eigenvalue weighted by Gasteiger charge is 2.49. The Morgan fingerprint density at radius 1 is 1.29 bits per heavy atom. The molecule has 1 aromatic carbocycles. The Morgan fingerprint density at radius 2 is 2.00 bits per heavy atom. The van der Waals surface area contributed by atoms with Crippen LogP contribution in [-0.2, 0) is 15.1 Å². The summed E-state index contributed by atoms with van der Waals surface area (Å²) in [5.74, 6) is 0.275. The number of urea groups is 1. The van der Waals surface area contributed by atoms with Gasteiger partial charge in [0.25, 0.3) is 5.91 Å². The number of hydrogen-bond donors (Lipinski definition) is 2. The Hall–Kier alpha value is -2.77. The summed E-state index contributed by atoms with van der Waals surface area (Å²) < 4.78 is 11.0. The molecule has 2 N–H and O–H groups in total. The predicted octanol–water partition coefficient (Wildman–Crippen LogP) is 0.361. The quantitative estimate of drug-likeness (QED) is 0.776. The average Bonchev–Trinajstić information content (AvgIpc) is 2.79. The van der Waals surface area contributed by atoms with Crippen LogP contribution in [-0.4, -0.2) is 49.0 Å². The summed E-state index contributed by atoms with van der Waals surface area (Å²) in [7, 11) is 0. The number of benzene rings is 1. The third-order valence-corrected chi connectivity index (χ3v) is 4.07. The molecule has 0 saturated carbocycles. The molecule has 2 aliphatic heterocycles. The normalized spacial score (nSPS) is 22.3. The molecule has 8 heteroatoms. The molecule has 1 saturated heterocycles. The lowest BCUT2D eigenvalue weighted by atomic mass is 9.91. The van der Waals surface area contributed by atoms with Gasteiger partial charge in [0.15, 0.2) is 11.5 Å². The predicted molar refractivity (Wildman–Crippen MR) is 83.7 cm³/mol. The number of fused-ring (bicyclic) bond motifs is 1. The number of nitrogens with zero attached hydrogens (tertiary/aromatic N) is 1. The fourth-order valence-electron chi connectivity index (χ4n) is 2.79. The zero-order chi connectivity index (χ0) is 17.3. The van der Waals surface area contributed by atoms with E-state index >= 15 is 0 Å². The van der Waals surface area contributed by atoms with E-state index in [0.717, 1.165) is 4.90 Å². The Balaban J connectivity index is 1.86. The summed E-state index contributed by atoms with van der Waals surface area (Å²) in [6.07, 6.45) is 0. The molecule has 2 heterocycles. The van der Waals surface area contributed by atoms with E-state index in [1.54, 1.807) is 32.0 Å². The third-order valence-electron chi connectivity index (χ3n) is 4.07. The lowest BCUT2D eigenvalue weighted by Gasteiger charge is -2.25. The molecule has 8 nitrogen and oxygen atoms in total. The van der Waals surface area contributed by atoms with E-state index in [9.17, 15) is 14.4 Å². The molecule has 24 heavy (non-hydrogen) atoms. The zero-order valence-electron chi connectivity index (χ0n) is 13.5. The molecule has 1 fully saturated rings. The van der Waals surface area contributed by atoms with Crippen LogP contribution in [0.15, 0.2) is 18.2 Å². The molecule has 128 valence electrons. The van der Waals surface area contributed by atoms with Gasteiger partial charge in [-0.1, -0.05) is 6.07 Å². The fourth-order valence-corrected chi connectivity index (χ4v) is 2.79. The van der Waals surface area contributed by atoms with Crippen LogP contribution in [0.3, 0.4) is 0 Å². The molecule has 0 radical (unpaired) electrons. The first-order chi connectivity index (χ1) is 11.5. The first-order valence-corrected chi connectivity index (χ1v) is 7.76. The van der Waals surface area contributed by atoms with Gasteiger partial charge in [-0.2, -0.15) is 0 Å². The van der Waals surface area contributed by atoms with Crippen molar-refractivity contribution >= 4 is 17.8 Å². The van der Waals surface area contributed by atoms with Gasteiger partial charge in [-0.15, -0.1) is 0 Å². The fraction of sp³-hybridized carbons (Fsp3) is 0.438. The number of carbonyl (C=O) groups excluding carboxylic acids is 3. The van der Waals surface area contributed by atoms with Gasteiger partial charge in [-0.25, -0.2) is 4.79 Å². The summed E-state index contributed by atoms with van der Waals surface area (Å²) in [5, 5.41) is 5.23. The summed E-state index contributed by atoms with van der Waals surface area (Å²) in [6.45, 7) is 4.40. The number of hydrogen-bond acceptors (Lipinski definition) is 5. The van der Waals surface area contributed by atoms with E-state index < -0.39 is 17.5 Å². The molecular formula is C16H19N3O5. The average molecular weight is 333 g/mol. The van der Waals surface area contributed by atoms with Crippen molar-refractivity contribution in [2.24, 2.45) is 0 Å². The highest BCUT2D eigenvalue weighted by molar-refractivity contribution is 6.09.